The smallest absolute Gasteiger partial charge is 0.223 e. The van der Waals surface area contributed by atoms with Gasteiger partial charge in [0.25, 0.3) is 0 Å². The van der Waals surface area contributed by atoms with Crippen LogP contribution in [0.5, 0.6) is 0 Å². The minimum absolute atomic E-state index is 0.224. The van der Waals surface area contributed by atoms with Crippen molar-refractivity contribution in [2.45, 2.75) is 70.8 Å². The van der Waals surface area contributed by atoms with E-state index in [0.717, 1.165) is 19.4 Å². The Balaban J connectivity index is 1.85. The lowest BCUT2D eigenvalue weighted by atomic mass is 9.79. The van der Waals surface area contributed by atoms with E-state index in [-0.39, 0.29) is 5.92 Å². The average Bonchev–Trinajstić information content (AvgIpc) is 2.47. The average molecular weight is 266 g/mol. The third-order valence-corrected chi connectivity index (χ3v) is 5.25. The molecule has 2 aliphatic rings. The summed E-state index contributed by atoms with van der Waals surface area (Å²) in [5.41, 5.74) is 5.76. The number of rotatable bonds is 4. The molecule has 0 aliphatic heterocycles. The summed E-state index contributed by atoms with van der Waals surface area (Å²) in [6, 6.07) is 0.435. The molecule has 4 atom stereocenters. The topological polar surface area (TPSA) is 55.1 Å². The fraction of sp³-hybridized carbons (Fsp3) is 0.938. The zero-order valence-electron chi connectivity index (χ0n) is 12.4. The Kier molecular flexibility index (Phi) is 5.68. The number of hydrogen-bond acceptors (Lipinski definition) is 2. The van der Waals surface area contributed by atoms with E-state index in [1.54, 1.807) is 0 Å². The van der Waals surface area contributed by atoms with Crippen LogP contribution in [0.3, 0.4) is 0 Å². The first-order valence-electron chi connectivity index (χ1n) is 8.25. The van der Waals surface area contributed by atoms with Gasteiger partial charge in [-0.05, 0) is 50.5 Å². The van der Waals surface area contributed by atoms with Gasteiger partial charge in [0.1, 0.15) is 0 Å². The molecule has 2 saturated carbocycles. The van der Waals surface area contributed by atoms with Crippen molar-refractivity contribution in [3.05, 3.63) is 0 Å². The zero-order valence-corrected chi connectivity index (χ0v) is 12.4. The van der Waals surface area contributed by atoms with E-state index < -0.39 is 0 Å². The van der Waals surface area contributed by atoms with Crippen molar-refractivity contribution >= 4 is 5.91 Å². The van der Waals surface area contributed by atoms with Crippen LogP contribution in [0.15, 0.2) is 0 Å². The van der Waals surface area contributed by atoms with E-state index in [4.69, 9.17) is 5.73 Å². The molecule has 110 valence electrons. The largest absolute Gasteiger partial charge is 0.353 e. The maximum absolute atomic E-state index is 12.4. The van der Waals surface area contributed by atoms with E-state index in [2.05, 4.69) is 12.2 Å². The van der Waals surface area contributed by atoms with Gasteiger partial charge in [-0.15, -0.1) is 0 Å². The quantitative estimate of drug-likeness (QED) is 0.822. The van der Waals surface area contributed by atoms with E-state index in [9.17, 15) is 4.79 Å². The minimum Gasteiger partial charge on any atom is -0.353 e. The molecule has 2 rings (SSSR count). The summed E-state index contributed by atoms with van der Waals surface area (Å²) >= 11 is 0. The van der Waals surface area contributed by atoms with E-state index in [1.165, 1.54) is 44.9 Å². The van der Waals surface area contributed by atoms with Crippen molar-refractivity contribution in [3.63, 3.8) is 0 Å². The third-order valence-electron chi connectivity index (χ3n) is 5.25. The summed E-state index contributed by atoms with van der Waals surface area (Å²) in [6.45, 7) is 2.99. The molecule has 3 heteroatoms. The van der Waals surface area contributed by atoms with Crippen LogP contribution in [0.4, 0.5) is 0 Å². The summed E-state index contributed by atoms with van der Waals surface area (Å²) in [5.74, 6) is 1.80. The first-order valence-corrected chi connectivity index (χ1v) is 8.25. The van der Waals surface area contributed by atoms with Crippen molar-refractivity contribution in [2.24, 2.45) is 23.5 Å². The number of carbonyl (C=O) groups excluding carboxylic acids is 1. The van der Waals surface area contributed by atoms with Gasteiger partial charge in [0, 0.05) is 12.0 Å². The maximum atomic E-state index is 12.4. The molecule has 0 aromatic carbocycles. The standard InChI is InChI=1S/C16H30N2O/c1-2-13-7-3-4-9-15(13)18-16(19)14-8-5-6-12(10-14)11-17/h12-15H,2-11,17H2,1H3,(H,18,19). The van der Waals surface area contributed by atoms with Crippen molar-refractivity contribution < 1.29 is 4.79 Å². The van der Waals surface area contributed by atoms with Crippen LogP contribution in [0.1, 0.15) is 64.7 Å². The maximum Gasteiger partial charge on any atom is 0.223 e. The Morgan fingerprint density at radius 3 is 2.68 bits per heavy atom. The van der Waals surface area contributed by atoms with Crippen LogP contribution >= 0.6 is 0 Å². The number of amides is 1. The SMILES string of the molecule is CCC1CCCCC1NC(=O)C1CCCC(CN)C1. The van der Waals surface area contributed by atoms with Crippen molar-refractivity contribution in [1.82, 2.24) is 5.32 Å². The normalized spacial score (nSPS) is 35.9. The molecule has 19 heavy (non-hydrogen) atoms. The Morgan fingerprint density at radius 1 is 1.16 bits per heavy atom. The monoisotopic (exact) mass is 266 g/mol. The Labute approximate surface area is 117 Å². The molecule has 0 aromatic heterocycles. The predicted octanol–water partition coefficient (Wildman–Crippen LogP) is 2.84. The number of nitrogens with one attached hydrogen (secondary N) is 1. The van der Waals surface area contributed by atoms with E-state index >= 15 is 0 Å². The van der Waals surface area contributed by atoms with Gasteiger partial charge >= 0.3 is 0 Å². The number of nitrogens with two attached hydrogens (primary N) is 1. The predicted molar refractivity (Wildman–Crippen MR) is 78.7 cm³/mol. The summed E-state index contributed by atoms with van der Waals surface area (Å²) in [7, 11) is 0. The third kappa shape index (κ3) is 3.95. The van der Waals surface area contributed by atoms with Gasteiger partial charge in [-0.1, -0.05) is 32.6 Å². The molecular weight excluding hydrogens is 236 g/mol. The second-order valence-corrected chi connectivity index (χ2v) is 6.53. The highest BCUT2D eigenvalue weighted by atomic mass is 16.1. The van der Waals surface area contributed by atoms with Crippen molar-refractivity contribution in [1.29, 1.82) is 0 Å². The van der Waals surface area contributed by atoms with Crippen molar-refractivity contribution in [3.8, 4) is 0 Å². The summed E-state index contributed by atoms with van der Waals surface area (Å²) < 4.78 is 0. The molecule has 0 saturated heterocycles. The Bertz CT molecular complexity index is 292. The molecule has 1 amide bonds. The first-order chi connectivity index (χ1) is 9.24. The van der Waals surface area contributed by atoms with Gasteiger partial charge < -0.3 is 11.1 Å². The van der Waals surface area contributed by atoms with E-state index in [1.807, 2.05) is 0 Å². The molecular formula is C16H30N2O. The van der Waals surface area contributed by atoms with E-state index in [0.29, 0.717) is 23.8 Å². The highest BCUT2D eigenvalue weighted by Gasteiger charge is 2.30. The number of carbonyl (C=O) groups is 1. The molecule has 3 nitrogen and oxygen atoms in total. The molecule has 4 unspecified atom stereocenters. The molecule has 0 radical (unpaired) electrons. The van der Waals surface area contributed by atoms with Crippen LogP contribution in [-0.2, 0) is 4.79 Å². The highest BCUT2D eigenvalue weighted by Crippen LogP contribution is 2.30. The first kappa shape index (κ1) is 14.8. The lowest BCUT2D eigenvalue weighted by molar-refractivity contribution is -0.127. The van der Waals surface area contributed by atoms with Crippen LogP contribution < -0.4 is 11.1 Å². The molecule has 3 N–H and O–H groups in total. The summed E-state index contributed by atoms with van der Waals surface area (Å²) in [4.78, 5) is 12.4. The highest BCUT2D eigenvalue weighted by molar-refractivity contribution is 5.79. The van der Waals surface area contributed by atoms with Crippen LogP contribution in [0.2, 0.25) is 0 Å². The van der Waals surface area contributed by atoms with Crippen LogP contribution in [0.25, 0.3) is 0 Å². The molecule has 0 aromatic rings. The molecule has 2 aliphatic carbocycles. The lowest BCUT2D eigenvalue weighted by Gasteiger charge is -2.34. The Morgan fingerprint density at radius 2 is 1.95 bits per heavy atom. The zero-order chi connectivity index (χ0) is 13.7. The fourth-order valence-electron chi connectivity index (χ4n) is 3.93. The van der Waals surface area contributed by atoms with Crippen LogP contribution in [-0.4, -0.2) is 18.5 Å². The molecule has 0 bridgehead atoms. The second kappa shape index (κ2) is 7.28. The van der Waals surface area contributed by atoms with Crippen molar-refractivity contribution in [2.75, 3.05) is 6.54 Å². The second-order valence-electron chi connectivity index (χ2n) is 6.53. The van der Waals surface area contributed by atoms with Gasteiger partial charge in [-0.25, -0.2) is 0 Å². The van der Waals surface area contributed by atoms with Gasteiger partial charge in [-0.3, -0.25) is 4.79 Å². The molecule has 0 heterocycles. The van der Waals surface area contributed by atoms with Gasteiger partial charge in [0.15, 0.2) is 0 Å². The van der Waals surface area contributed by atoms with Gasteiger partial charge in [0.2, 0.25) is 5.91 Å². The molecule has 2 fully saturated rings. The number of hydrogen-bond donors (Lipinski definition) is 2. The van der Waals surface area contributed by atoms with Gasteiger partial charge in [-0.2, -0.15) is 0 Å². The fourth-order valence-corrected chi connectivity index (χ4v) is 3.93. The lowest BCUT2D eigenvalue weighted by Crippen LogP contribution is -2.45. The Hall–Kier alpha value is -0.570. The molecule has 0 spiro atoms. The minimum atomic E-state index is 0.224. The van der Waals surface area contributed by atoms with Gasteiger partial charge in [0.05, 0.1) is 0 Å². The summed E-state index contributed by atoms with van der Waals surface area (Å²) in [5, 5.41) is 3.35. The summed E-state index contributed by atoms with van der Waals surface area (Å²) in [6.07, 6.45) is 10.7. The van der Waals surface area contributed by atoms with Crippen LogP contribution in [0, 0.1) is 17.8 Å².